The second-order valence-corrected chi connectivity index (χ2v) is 7.41. The molecule has 8 nitrogen and oxygen atoms in total. The van der Waals surface area contributed by atoms with Gasteiger partial charge < -0.3 is 9.47 Å². The molecule has 2 rings (SSSR count). The van der Waals surface area contributed by atoms with E-state index in [2.05, 4.69) is 9.93 Å². The number of carbonyl (C=O) groups excluding carboxylic acids is 2. The van der Waals surface area contributed by atoms with Gasteiger partial charge in [0.05, 0.1) is 31.0 Å². The van der Waals surface area contributed by atoms with Gasteiger partial charge in [0.15, 0.2) is 0 Å². The summed E-state index contributed by atoms with van der Waals surface area (Å²) in [5.41, 5.74) is 1.32. The van der Waals surface area contributed by atoms with Crippen molar-refractivity contribution < 1.29 is 27.5 Å². The normalized spacial score (nSPS) is 20.0. The summed E-state index contributed by atoms with van der Waals surface area (Å²) >= 11 is 0. The van der Waals surface area contributed by atoms with Crippen LogP contribution in [0.4, 0.5) is 0 Å². The molecule has 1 aromatic carbocycles. The highest BCUT2D eigenvalue weighted by molar-refractivity contribution is 7.89. The molecule has 0 heterocycles. The van der Waals surface area contributed by atoms with Crippen LogP contribution in [0.15, 0.2) is 34.3 Å². The van der Waals surface area contributed by atoms with Crippen LogP contribution in [-0.2, 0) is 29.1 Å². The summed E-state index contributed by atoms with van der Waals surface area (Å²) in [6.45, 7) is 1.85. The van der Waals surface area contributed by atoms with Crippen molar-refractivity contribution in [2.45, 2.75) is 24.7 Å². The molecular weight excluding hydrogens is 348 g/mol. The molecule has 136 valence electrons. The predicted molar refractivity (Wildman–Crippen MR) is 89.2 cm³/mol. The standard InChI is InChI=1S/C16H20N2O6S/c1-10-4-6-12(7-5-10)25(21,22)18-17-11-8-13(15(19)23-2)14(9-11)16(20)24-3/h4-7,13-14,18H,8-9H2,1-3H3/t13-,14-/m1/s1. The zero-order valence-corrected chi connectivity index (χ0v) is 15.0. The number of carbonyl (C=O) groups is 2. The number of aryl methyl sites for hydroxylation is 1. The highest BCUT2D eigenvalue weighted by Crippen LogP contribution is 2.32. The molecule has 1 fully saturated rings. The molecule has 0 unspecified atom stereocenters. The predicted octanol–water partition coefficient (Wildman–Crippen LogP) is 1.00. The number of benzene rings is 1. The molecule has 0 aliphatic heterocycles. The van der Waals surface area contributed by atoms with Gasteiger partial charge in [0, 0.05) is 18.6 Å². The lowest BCUT2D eigenvalue weighted by Gasteiger charge is -2.13. The first-order valence-electron chi connectivity index (χ1n) is 7.58. The Balaban J connectivity index is 2.17. The smallest absolute Gasteiger partial charge is 0.309 e. The Labute approximate surface area is 146 Å². The molecule has 1 aromatic rings. The minimum atomic E-state index is -3.82. The number of hydrogen-bond donors (Lipinski definition) is 1. The summed E-state index contributed by atoms with van der Waals surface area (Å²) in [4.78, 5) is 25.9. The number of nitrogens with one attached hydrogen (secondary N) is 1. The van der Waals surface area contributed by atoms with E-state index < -0.39 is 33.8 Å². The zero-order chi connectivity index (χ0) is 18.6. The lowest BCUT2D eigenvalue weighted by Crippen LogP contribution is -2.27. The van der Waals surface area contributed by atoms with Gasteiger partial charge in [-0.1, -0.05) is 17.7 Å². The average Bonchev–Trinajstić information content (AvgIpc) is 3.03. The molecule has 0 aromatic heterocycles. The van der Waals surface area contributed by atoms with Gasteiger partial charge in [-0.15, -0.1) is 0 Å². The molecule has 25 heavy (non-hydrogen) atoms. The number of rotatable bonds is 5. The van der Waals surface area contributed by atoms with Crippen LogP contribution in [0.25, 0.3) is 0 Å². The van der Waals surface area contributed by atoms with Gasteiger partial charge in [-0.3, -0.25) is 9.59 Å². The summed E-state index contributed by atoms with van der Waals surface area (Å²) in [7, 11) is -1.36. The van der Waals surface area contributed by atoms with Gasteiger partial charge >= 0.3 is 11.9 Å². The number of esters is 2. The first kappa shape index (κ1) is 18.9. The van der Waals surface area contributed by atoms with Gasteiger partial charge in [0.25, 0.3) is 10.0 Å². The van der Waals surface area contributed by atoms with E-state index in [1.165, 1.54) is 26.4 Å². The molecule has 2 atom stereocenters. The summed E-state index contributed by atoms with van der Waals surface area (Å²) in [5, 5.41) is 3.89. The summed E-state index contributed by atoms with van der Waals surface area (Å²) in [6.07, 6.45) is 0.256. The van der Waals surface area contributed by atoms with Gasteiger partial charge in [-0.05, 0) is 19.1 Å². The second kappa shape index (κ2) is 7.64. The molecule has 1 saturated carbocycles. The number of hydrazone groups is 1. The van der Waals surface area contributed by atoms with Crippen molar-refractivity contribution in [1.82, 2.24) is 4.83 Å². The molecule has 0 radical (unpaired) electrons. The van der Waals surface area contributed by atoms with Gasteiger partial charge in [-0.2, -0.15) is 13.5 Å². The Morgan fingerprint density at radius 1 is 1.04 bits per heavy atom. The van der Waals surface area contributed by atoms with Gasteiger partial charge in [0.2, 0.25) is 0 Å². The Bertz CT molecular complexity index is 759. The number of methoxy groups -OCH3 is 2. The van der Waals surface area contributed by atoms with Crippen LogP contribution in [0.3, 0.4) is 0 Å². The highest BCUT2D eigenvalue weighted by Gasteiger charge is 2.42. The number of ether oxygens (including phenoxy) is 2. The second-order valence-electron chi connectivity index (χ2n) is 5.75. The van der Waals surface area contributed by atoms with Crippen LogP contribution in [0, 0.1) is 18.8 Å². The van der Waals surface area contributed by atoms with E-state index >= 15 is 0 Å². The number of sulfonamides is 1. The fourth-order valence-electron chi connectivity index (χ4n) is 2.66. The minimum absolute atomic E-state index is 0.0782. The molecule has 1 N–H and O–H groups in total. The Hall–Kier alpha value is -2.42. The van der Waals surface area contributed by atoms with Crippen LogP contribution < -0.4 is 4.83 Å². The minimum Gasteiger partial charge on any atom is -0.469 e. The van der Waals surface area contributed by atoms with E-state index in [0.29, 0.717) is 5.71 Å². The maximum absolute atomic E-state index is 12.2. The lowest BCUT2D eigenvalue weighted by atomic mass is 9.96. The van der Waals surface area contributed by atoms with Crippen LogP contribution in [0.1, 0.15) is 18.4 Å². The maximum Gasteiger partial charge on any atom is 0.309 e. The molecule has 0 bridgehead atoms. The zero-order valence-electron chi connectivity index (χ0n) is 14.2. The Kier molecular flexibility index (Phi) is 5.78. The third-order valence-electron chi connectivity index (χ3n) is 4.06. The summed E-state index contributed by atoms with van der Waals surface area (Å²) in [6, 6.07) is 6.30. The largest absolute Gasteiger partial charge is 0.469 e. The van der Waals surface area contributed by atoms with Crippen molar-refractivity contribution >= 4 is 27.7 Å². The van der Waals surface area contributed by atoms with Crippen molar-refractivity contribution in [3.63, 3.8) is 0 Å². The van der Waals surface area contributed by atoms with E-state index in [9.17, 15) is 18.0 Å². The van der Waals surface area contributed by atoms with Crippen LogP contribution in [0.2, 0.25) is 0 Å². The molecule has 0 saturated heterocycles. The van der Waals surface area contributed by atoms with E-state index in [1.807, 2.05) is 6.92 Å². The molecule has 9 heteroatoms. The third kappa shape index (κ3) is 4.36. The van der Waals surface area contributed by atoms with E-state index in [0.717, 1.165) is 5.56 Å². The van der Waals surface area contributed by atoms with Crippen molar-refractivity contribution in [3.8, 4) is 0 Å². The maximum atomic E-state index is 12.2. The first-order chi connectivity index (χ1) is 11.8. The molecule has 1 aliphatic carbocycles. The SMILES string of the molecule is COC(=O)[C@@H]1CC(=NNS(=O)(=O)c2ccc(C)cc2)C[C@H]1C(=O)OC. The Morgan fingerprint density at radius 2 is 1.52 bits per heavy atom. The van der Waals surface area contributed by atoms with Crippen LogP contribution in [-0.4, -0.2) is 40.3 Å². The van der Waals surface area contributed by atoms with E-state index in [4.69, 9.17) is 9.47 Å². The molecule has 0 spiro atoms. The molecular formula is C16H20N2O6S. The number of hydrogen-bond acceptors (Lipinski definition) is 7. The van der Waals surface area contributed by atoms with E-state index in [-0.39, 0.29) is 17.7 Å². The molecule has 1 aliphatic rings. The van der Waals surface area contributed by atoms with Crippen LogP contribution in [0.5, 0.6) is 0 Å². The van der Waals surface area contributed by atoms with Crippen LogP contribution >= 0.6 is 0 Å². The summed E-state index contributed by atoms with van der Waals surface area (Å²) in [5.74, 6) is -2.58. The number of nitrogens with zero attached hydrogens (tertiary/aromatic N) is 1. The van der Waals surface area contributed by atoms with Crippen molar-refractivity contribution in [3.05, 3.63) is 29.8 Å². The molecule has 0 amide bonds. The fraction of sp³-hybridized carbons (Fsp3) is 0.438. The summed E-state index contributed by atoms with van der Waals surface area (Å²) < 4.78 is 33.9. The van der Waals surface area contributed by atoms with Crippen molar-refractivity contribution in [2.75, 3.05) is 14.2 Å². The van der Waals surface area contributed by atoms with Gasteiger partial charge in [-0.25, -0.2) is 4.83 Å². The topological polar surface area (TPSA) is 111 Å². The monoisotopic (exact) mass is 368 g/mol. The fourth-order valence-corrected chi connectivity index (χ4v) is 3.51. The van der Waals surface area contributed by atoms with Crippen molar-refractivity contribution in [2.24, 2.45) is 16.9 Å². The average molecular weight is 368 g/mol. The van der Waals surface area contributed by atoms with E-state index in [1.54, 1.807) is 12.1 Å². The first-order valence-corrected chi connectivity index (χ1v) is 9.06. The van der Waals surface area contributed by atoms with Gasteiger partial charge in [0.1, 0.15) is 0 Å². The third-order valence-corrected chi connectivity index (χ3v) is 5.28. The van der Waals surface area contributed by atoms with Crippen molar-refractivity contribution in [1.29, 1.82) is 0 Å². The quantitative estimate of drug-likeness (QED) is 0.613. The highest BCUT2D eigenvalue weighted by atomic mass is 32.2. The lowest BCUT2D eigenvalue weighted by molar-refractivity contribution is -0.156. The Morgan fingerprint density at radius 3 is 1.96 bits per heavy atom.